The van der Waals surface area contributed by atoms with Crippen LogP contribution in [0.5, 0.6) is 11.5 Å². The SMILES string of the molecule is CC(C)c1cccc(F)c1COc1ccc2c(c1F)OCC21CCNCC1. The minimum Gasteiger partial charge on any atom is -0.489 e. The monoisotopic (exact) mass is 373 g/mol. The van der Waals surface area contributed by atoms with Gasteiger partial charge in [-0.3, -0.25) is 0 Å². The molecule has 2 aromatic rings. The van der Waals surface area contributed by atoms with Crippen LogP contribution >= 0.6 is 0 Å². The summed E-state index contributed by atoms with van der Waals surface area (Å²) in [5, 5.41) is 3.34. The molecule has 5 heteroatoms. The summed E-state index contributed by atoms with van der Waals surface area (Å²) in [5.41, 5.74) is 2.18. The number of rotatable bonds is 4. The van der Waals surface area contributed by atoms with Gasteiger partial charge in [-0.25, -0.2) is 4.39 Å². The van der Waals surface area contributed by atoms with Crippen LogP contribution in [0.1, 0.15) is 49.3 Å². The first-order valence-electron chi connectivity index (χ1n) is 9.58. The number of hydrogen-bond donors (Lipinski definition) is 1. The fraction of sp³-hybridized carbons (Fsp3) is 0.455. The first kappa shape index (κ1) is 18.2. The van der Waals surface area contributed by atoms with E-state index in [1.54, 1.807) is 12.1 Å². The van der Waals surface area contributed by atoms with Crippen LogP contribution in [0.3, 0.4) is 0 Å². The van der Waals surface area contributed by atoms with E-state index < -0.39 is 5.82 Å². The molecule has 2 aliphatic heterocycles. The summed E-state index contributed by atoms with van der Waals surface area (Å²) in [6.07, 6.45) is 1.87. The standard InChI is InChI=1S/C22H25F2NO2/c1-14(2)15-4-3-5-18(23)16(15)12-26-19-7-6-17-21(20(19)24)27-13-22(17)8-10-25-11-9-22/h3-7,14,25H,8-13H2,1-2H3. The third-order valence-electron chi connectivity index (χ3n) is 5.84. The zero-order chi connectivity index (χ0) is 19.0. The van der Waals surface area contributed by atoms with Gasteiger partial charge in [0.2, 0.25) is 5.82 Å². The molecule has 1 N–H and O–H groups in total. The Kier molecular flexibility index (Phi) is 4.81. The average Bonchev–Trinajstić information content (AvgIpc) is 3.01. The summed E-state index contributed by atoms with van der Waals surface area (Å²) in [5.74, 6) is -0.241. The van der Waals surface area contributed by atoms with Gasteiger partial charge in [0.1, 0.15) is 12.4 Å². The predicted molar refractivity (Wildman–Crippen MR) is 100 cm³/mol. The van der Waals surface area contributed by atoms with Gasteiger partial charge in [-0.15, -0.1) is 0 Å². The lowest BCUT2D eigenvalue weighted by Gasteiger charge is -2.32. The van der Waals surface area contributed by atoms with E-state index in [1.807, 2.05) is 26.0 Å². The second-order valence-electron chi connectivity index (χ2n) is 7.82. The zero-order valence-electron chi connectivity index (χ0n) is 15.8. The lowest BCUT2D eigenvalue weighted by Crippen LogP contribution is -2.40. The molecule has 3 nitrogen and oxygen atoms in total. The van der Waals surface area contributed by atoms with Crippen LogP contribution in [0.15, 0.2) is 30.3 Å². The summed E-state index contributed by atoms with van der Waals surface area (Å²) in [6, 6.07) is 8.55. The molecule has 2 aromatic carbocycles. The molecular weight excluding hydrogens is 348 g/mol. The summed E-state index contributed by atoms with van der Waals surface area (Å²) in [7, 11) is 0. The number of benzene rings is 2. The Morgan fingerprint density at radius 3 is 2.67 bits per heavy atom. The van der Waals surface area contributed by atoms with Crippen molar-refractivity contribution in [2.45, 2.75) is 44.6 Å². The largest absolute Gasteiger partial charge is 0.489 e. The van der Waals surface area contributed by atoms with E-state index in [0.29, 0.717) is 17.9 Å². The molecule has 0 aromatic heterocycles. The number of piperidine rings is 1. The van der Waals surface area contributed by atoms with E-state index in [2.05, 4.69) is 5.32 Å². The van der Waals surface area contributed by atoms with Crippen molar-refractivity contribution in [2.24, 2.45) is 0 Å². The molecule has 2 aliphatic rings. The molecule has 27 heavy (non-hydrogen) atoms. The van der Waals surface area contributed by atoms with E-state index in [4.69, 9.17) is 9.47 Å². The predicted octanol–water partition coefficient (Wildman–Crippen LogP) is 4.68. The minimum absolute atomic E-state index is 0.00897. The molecule has 0 radical (unpaired) electrons. The van der Waals surface area contributed by atoms with E-state index in [9.17, 15) is 4.39 Å². The van der Waals surface area contributed by atoms with Gasteiger partial charge in [-0.1, -0.05) is 32.0 Å². The maximum absolute atomic E-state index is 15.0. The van der Waals surface area contributed by atoms with E-state index in [1.165, 1.54) is 6.07 Å². The molecule has 0 unspecified atom stereocenters. The smallest absolute Gasteiger partial charge is 0.207 e. The second-order valence-corrected chi connectivity index (χ2v) is 7.82. The van der Waals surface area contributed by atoms with Crippen LogP contribution in [-0.4, -0.2) is 19.7 Å². The van der Waals surface area contributed by atoms with Crippen molar-refractivity contribution < 1.29 is 18.3 Å². The minimum atomic E-state index is -0.481. The van der Waals surface area contributed by atoms with Crippen LogP contribution in [0, 0.1) is 11.6 Å². The zero-order valence-corrected chi connectivity index (χ0v) is 15.8. The normalized spacial score (nSPS) is 17.8. The lowest BCUT2D eigenvalue weighted by molar-refractivity contribution is 0.215. The number of nitrogens with one attached hydrogen (secondary N) is 1. The molecule has 1 fully saturated rings. The molecule has 0 aliphatic carbocycles. The van der Waals surface area contributed by atoms with Crippen molar-refractivity contribution in [3.63, 3.8) is 0 Å². The highest BCUT2D eigenvalue weighted by Crippen LogP contribution is 2.47. The average molecular weight is 373 g/mol. The molecule has 144 valence electrons. The molecule has 0 bridgehead atoms. The Bertz CT molecular complexity index is 844. The van der Waals surface area contributed by atoms with Gasteiger partial charge in [0.15, 0.2) is 11.5 Å². The first-order valence-corrected chi connectivity index (χ1v) is 9.58. The summed E-state index contributed by atoms with van der Waals surface area (Å²) >= 11 is 0. The van der Waals surface area contributed by atoms with Gasteiger partial charge in [0, 0.05) is 16.5 Å². The summed E-state index contributed by atoms with van der Waals surface area (Å²) in [6.45, 7) is 6.32. The molecule has 0 atom stereocenters. The van der Waals surface area contributed by atoms with Gasteiger partial charge in [-0.05, 0) is 49.5 Å². The van der Waals surface area contributed by atoms with Crippen molar-refractivity contribution in [3.8, 4) is 11.5 Å². The number of hydrogen-bond acceptors (Lipinski definition) is 3. The van der Waals surface area contributed by atoms with Gasteiger partial charge in [-0.2, -0.15) is 4.39 Å². The van der Waals surface area contributed by atoms with Crippen LogP contribution < -0.4 is 14.8 Å². The molecule has 0 saturated carbocycles. The lowest BCUT2D eigenvalue weighted by atomic mass is 9.75. The Hall–Kier alpha value is -2.14. The molecule has 2 heterocycles. The third kappa shape index (κ3) is 3.18. The number of halogens is 2. The molecule has 0 amide bonds. The highest BCUT2D eigenvalue weighted by Gasteiger charge is 2.43. The van der Waals surface area contributed by atoms with Crippen LogP contribution in [0.4, 0.5) is 8.78 Å². The highest BCUT2D eigenvalue weighted by atomic mass is 19.1. The Morgan fingerprint density at radius 2 is 1.93 bits per heavy atom. The quantitative estimate of drug-likeness (QED) is 0.844. The molecule has 1 saturated heterocycles. The van der Waals surface area contributed by atoms with Gasteiger partial charge < -0.3 is 14.8 Å². The van der Waals surface area contributed by atoms with Crippen molar-refractivity contribution in [3.05, 3.63) is 58.7 Å². The molecule has 4 rings (SSSR count). The maximum Gasteiger partial charge on any atom is 0.207 e. The summed E-state index contributed by atoms with van der Waals surface area (Å²) < 4.78 is 40.7. The maximum atomic E-state index is 15.0. The Balaban J connectivity index is 1.59. The van der Waals surface area contributed by atoms with E-state index in [-0.39, 0.29) is 29.5 Å². The van der Waals surface area contributed by atoms with Gasteiger partial charge >= 0.3 is 0 Å². The van der Waals surface area contributed by atoms with Crippen molar-refractivity contribution >= 4 is 0 Å². The van der Waals surface area contributed by atoms with Crippen LogP contribution in [-0.2, 0) is 12.0 Å². The van der Waals surface area contributed by atoms with Crippen LogP contribution in [0.25, 0.3) is 0 Å². The van der Waals surface area contributed by atoms with E-state index >= 15 is 4.39 Å². The molecule has 1 spiro atoms. The van der Waals surface area contributed by atoms with E-state index in [0.717, 1.165) is 37.1 Å². The topological polar surface area (TPSA) is 30.5 Å². The van der Waals surface area contributed by atoms with Gasteiger partial charge in [0.25, 0.3) is 0 Å². The fourth-order valence-electron chi connectivity index (χ4n) is 4.23. The number of fused-ring (bicyclic) bond motifs is 2. The summed E-state index contributed by atoms with van der Waals surface area (Å²) in [4.78, 5) is 0. The van der Waals surface area contributed by atoms with Crippen molar-refractivity contribution in [1.29, 1.82) is 0 Å². The van der Waals surface area contributed by atoms with Crippen molar-refractivity contribution in [2.75, 3.05) is 19.7 Å². The Morgan fingerprint density at radius 1 is 1.15 bits per heavy atom. The number of ether oxygens (including phenoxy) is 2. The fourth-order valence-corrected chi connectivity index (χ4v) is 4.23. The second kappa shape index (κ2) is 7.12. The van der Waals surface area contributed by atoms with Crippen LogP contribution in [0.2, 0.25) is 0 Å². The molecular formula is C22H25F2NO2. The highest BCUT2D eigenvalue weighted by molar-refractivity contribution is 5.50. The first-order chi connectivity index (χ1) is 13.0. The van der Waals surface area contributed by atoms with Gasteiger partial charge in [0.05, 0.1) is 6.61 Å². The van der Waals surface area contributed by atoms with Crippen molar-refractivity contribution in [1.82, 2.24) is 5.32 Å². The Labute approximate surface area is 158 Å². The third-order valence-corrected chi connectivity index (χ3v) is 5.84.